The van der Waals surface area contributed by atoms with Gasteiger partial charge < -0.3 is 14.5 Å². The predicted octanol–water partition coefficient (Wildman–Crippen LogP) is 2.52. The average Bonchev–Trinajstić information content (AvgIpc) is 2.98. The molecule has 7 nitrogen and oxygen atoms in total. The van der Waals surface area contributed by atoms with Crippen molar-refractivity contribution in [3.8, 4) is 0 Å². The van der Waals surface area contributed by atoms with Gasteiger partial charge in [0.1, 0.15) is 11.8 Å². The van der Waals surface area contributed by atoms with Crippen LogP contribution in [0.25, 0.3) is 22.2 Å². The van der Waals surface area contributed by atoms with Crippen molar-refractivity contribution < 1.29 is 9.15 Å². The van der Waals surface area contributed by atoms with E-state index < -0.39 is 0 Å². The molecule has 1 aliphatic rings. The van der Waals surface area contributed by atoms with Crippen molar-refractivity contribution in [2.45, 2.75) is 20.3 Å². The van der Waals surface area contributed by atoms with Gasteiger partial charge in [0.05, 0.1) is 18.6 Å². The highest BCUT2D eigenvalue weighted by Gasteiger charge is 2.16. The molecule has 0 atom stereocenters. The van der Waals surface area contributed by atoms with Crippen molar-refractivity contribution >= 4 is 28.0 Å². The maximum Gasteiger partial charge on any atom is 0.229 e. The van der Waals surface area contributed by atoms with E-state index in [9.17, 15) is 0 Å². The van der Waals surface area contributed by atoms with Crippen molar-refractivity contribution in [3.63, 3.8) is 0 Å². The second kappa shape index (κ2) is 6.93. The van der Waals surface area contributed by atoms with E-state index in [1.54, 1.807) is 6.33 Å². The molecule has 3 aromatic rings. The lowest BCUT2D eigenvalue weighted by Gasteiger charge is -2.26. The Balaban J connectivity index is 1.50. The molecule has 25 heavy (non-hydrogen) atoms. The molecule has 0 spiro atoms. The smallest absolute Gasteiger partial charge is 0.229 e. The Labute approximate surface area is 146 Å². The molecule has 3 aromatic heterocycles. The van der Waals surface area contributed by atoms with Gasteiger partial charge in [-0.3, -0.25) is 4.90 Å². The normalized spacial score (nSPS) is 15.9. The van der Waals surface area contributed by atoms with Gasteiger partial charge >= 0.3 is 0 Å². The zero-order chi connectivity index (χ0) is 17.2. The van der Waals surface area contributed by atoms with Gasteiger partial charge in [-0.2, -0.15) is 0 Å². The Morgan fingerprint density at radius 3 is 2.88 bits per heavy atom. The summed E-state index contributed by atoms with van der Waals surface area (Å²) in [5, 5.41) is 4.36. The Kier molecular flexibility index (Phi) is 4.50. The van der Waals surface area contributed by atoms with Crippen molar-refractivity contribution in [2.75, 3.05) is 44.7 Å². The third kappa shape index (κ3) is 3.29. The quantitative estimate of drug-likeness (QED) is 0.715. The number of furan rings is 1. The number of aryl methyl sites for hydroxylation is 2. The van der Waals surface area contributed by atoms with Crippen molar-refractivity contribution in [3.05, 3.63) is 23.7 Å². The van der Waals surface area contributed by atoms with Gasteiger partial charge in [0.25, 0.3) is 0 Å². The highest BCUT2D eigenvalue weighted by atomic mass is 16.5. The lowest BCUT2D eigenvalue weighted by Crippen LogP contribution is -2.37. The van der Waals surface area contributed by atoms with Crippen LogP contribution in [-0.4, -0.2) is 59.2 Å². The molecule has 4 heterocycles. The number of aromatic nitrogens is 3. The van der Waals surface area contributed by atoms with Crippen molar-refractivity contribution in [1.29, 1.82) is 0 Å². The van der Waals surface area contributed by atoms with Crippen molar-refractivity contribution in [1.82, 2.24) is 19.9 Å². The molecule has 4 rings (SSSR count). The van der Waals surface area contributed by atoms with Crippen LogP contribution in [0.1, 0.15) is 17.7 Å². The minimum atomic E-state index is 0.629. The number of hydrogen-bond donors (Lipinski definition) is 1. The highest BCUT2D eigenvalue weighted by Crippen LogP contribution is 2.31. The third-order valence-corrected chi connectivity index (χ3v) is 4.60. The summed E-state index contributed by atoms with van der Waals surface area (Å²) < 4.78 is 11.3. The summed E-state index contributed by atoms with van der Waals surface area (Å²) >= 11 is 0. The topological polar surface area (TPSA) is 76.3 Å². The fourth-order valence-electron chi connectivity index (χ4n) is 3.37. The molecule has 0 aliphatic carbocycles. The van der Waals surface area contributed by atoms with Gasteiger partial charge in [-0.1, -0.05) is 0 Å². The summed E-state index contributed by atoms with van der Waals surface area (Å²) in [5.41, 5.74) is 4.20. The van der Waals surface area contributed by atoms with E-state index in [1.807, 2.05) is 6.92 Å². The number of pyridine rings is 1. The maximum absolute atomic E-state index is 5.97. The number of morpholine rings is 1. The molecule has 132 valence electrons. The van der Waals surface area contributed by atoms with Crippen LogP contribution in [0.15, 0.2) is 16.8 Å². The molecule has 0 unspecified atom stereocenters. The first-order valence-electron chi connectivity index (χ1n) is 8.78. The van der Waals surface area contributed by atoms with E-state index in [1.165, 1.54) is 0 Å². The van der Waals surface area contributed by atoms with Gasteiger partial charge in [-0.15, -0.1) is 0 Å². The van der Waals surface area contributed by atoms with Crippen LogP contribution < -0.4 is 5.32 Å². The third-order valence-electron chi connectivity index (χ3n) is 4.60. The summed E-state index contributed by atoms with van der Waals surface area (Å²) in [4.78, 5) is 15.7. The highest BCUT2D eigenvalue weighted by molar-refractivity contribution is 6.05. The second-order valence-corrected chi connectivity index (χ2v) is 6.50. The standard InChI is InChI=1S/C18H23N5O2/c1-12-10-13(2)22-18-14(12)15-16(25-18)17(21-11-20-15)19-4-3-5-23-6-8-24-9-7-23/h10-11H,3-9H2,1-2H3,(H,19,20,21). The molecule has 1 N–H and O–H groups in total. The molecule has 0 bridgehead atoms. The zero-order valence-corrected chi connectivity index (χ0v) is 14.7. The van der Waals surface area contributed by atoms with Gasteiger partial charge in [-0.25, -0.2) is 15.0 Å². The van der Waals surface area contributed by atoms with E-state index in [0.717, 1.165) is 73.8 Å². The van der Waals surface area contributed by atoms with Gasteiger partial charge in [0, 0.05) is 25.3 Å². The number of hydrogen-bond acceptors (Lipinski definition) is 7. The largest absolute Gasteiger partial charge is 0.432 e. The Morgan fingerprint density at radius 1 is 1.20 bits per heavy atom. The molecule has 0 amide bonds. The molecule has 1 saturated heterocycles. The monoisotopic (exact) mass is 341 g/mol. The molecule has 0 saturated carbocycles. The predicted molar refractivity (Wildman–Crippen MR) is 96.9 cm³/mol. The number of rotatable bonds is 5. The van der Waals surface area contributed by atoms with E-state index in [0.29, 0.717) is 11.3 Å². The van der Waals surface area contributed by atoms with E-state index in [2.05, 4.69) is 38.2 Å². The maximum atomic E-state index is 5.97. The molecule has 0 aromatic carbocycles. The molecule has 7 heteroatoms. The Bertz CT molecular complexity index is 886. The number of anilines is 1. The van der Waals surface area contributed by atoms with Crippen LogP contribution in [0, 0.1) is 13.8 Å². The van der Waals surface area contributed by atoms with E-state index in [-0.39, 0.29) is 0 Å². The minimum absolute atomic E-state index is 0.629. The molecular weight excluding hydrogens is 318 g/mol. The first-order valence-corrected chi connectivity index (χ1v) is 8.78. The lowest BCUT2D eigenvalue weighted by molar-refractivity contribution is 0.0378. The number of nitrogens with one attached hydrogen (secondary N) is 1. The number of nitrogens with zero attached hydrogens (tertiary/aromatic N) is 4. The molecule has 0 radical (unpaired) electrons. The Hall–Kier alpha value is -2.25. The second-order valence-electron chi connectivity index (χ2n) is 6.50. The lowest BCUT2D eigenvalue weighted by atomic mass is 10.1. The van der Waals surface area contributed by atoms with E-state index in [4.69, 9.17) is 9.15 Å². The zero-order valence-electron chi connectivity index (χ0n) is 14.7. The summed E-state index contributed by atoms with van der Waals surface area (Å²) in [5.74, 6) is 0.738. The first-order chi connectivity index (χ1) is 12.2. The first kappa shape index (κ1) is 16.2. The van der Waals surface area contributed by atoms with Gasteiger partial charge in [0.15, 0.2) is 11.4 Å². The average molecular weight is 341 g/mol. The number of ether oxygens (including phenoxy) is 1. The summed E-state index contributed by atoms with van der Waals surface area (Å²) in [6, 6.07) is 2.05. The van der Waals surface area contributed by atoms with E-state index >= 15 is 0 Å². The Morgan fingerprint density at radius 2 is 2.04 bits per heavy atom. The number of fused-ring (bicyclic) bond motifs is 3. The van der Waals surface area contributed by atoms with Crippen LogP contribution in [0.2, 0.25) is 0 Å². The van der Waals surface area contributed by atoms with Crippen LogP contribution in [0.4, 0.5) is 5.82 Å². The fourth-order valence-corrected chi connectivity index (χ4v) is 3.37. The molecule has 1 aliphatic heterocycles. The van der Waals surface area contributed by atoms with Crippen LogP contribution in [0.3, 0.4) is 0 Å². The summed E-state index contributed by atoms with van der Waals surface area (Å²) in [7, 11) is 0. The van der Waals surface area contributed by atoms with Crippen molar-refractivity contribution in [2.24, 2.45) is 0 Å². The van der Waals surface area contributed by atoms with Gasteiger partial charge in [0.2, 0.25) is 5.71 Å². The fraction of sp³-hybridized carbons (Fsp3) is 0.500. The molecular formula is C18H23N5O2. The summed E-state index contributed by atoms with van der Waals surface area (Å²) in [6.07, 6.45) is 2.63. The SMILES string of the molecule is Cc1cc(C)c2c(n1)oc1c(NCCCN3CCOCC3)ncnc12. The summed E-state index contributed by atoms with van der Waals surface area (Å²) in [6.45, 7) is 9.64. The van der Waals surface area contributed by atoms with Crippen LogP contribution in [-0.2, 0) is 4.74 Å². The van der Waals surface area contributed by atoms with Crippen LogP contribution >= 0.6 is 0 Å². The minimum Gasteiger partial charge on any atom is -0.432 e. The van der Waals surface area contributed by atoms with Crippen LogP contribution in [0.5, 0.6) is 0 Å². The molecule has 1 fully saturated rings. The van der Waals surface area contributed by atoms with Gasteiger partial charge in [-0.05, 0) is 38.4 Å².